The molecule has 0 saturated carbocycles. The second-order valence-corrected chi connectivity index (χ2v) is 14.1. The maximum absolute atomic E-state index is 13.6. The van der Waals surface area contributed by atoms with Crippen molar-refractivity contribution < 1.29 is 19.4 Å². The number of hydrogen-bond acceptors (Lipinski definition) is 8. The average molecular weight is 742 g/mol. The second kappa shape index (κ2) is 15.0. The Labute approximate surface area is 310 Å². The van der Waals surface area contributed by atoms with Gasteiger partial charge in [0.15, 0.2) is 0 Å². The van der Waals surface area contributed by atoms with Crippen molar-refractivity contribution in [3.8, 4) is 39.4 Å². The van der Waals surface area contributed by atoms with E-state index in [1.807, 2.05) is 72.5 Å². The standard InChI is InChI=1S/C39H38Cl2N6O5/c1-22-15-25(16-33-43-18-26(38(49)47(22)33)21-46-14-13-24(20-46)39(50)51)28-5-3-6-29(35(28)40)30-7-4-8-31(36(30)41)32-11-9-23(37(45-32)52-2)17-42-19-27-10-12-34(48)44-27/h3-9,11,15-16,18,24,27,42H,10,12-14,17,19-21H2,1-2H3,(H,44,48)(H,50,51)/t24-,27+/m1/s1. The van der Waals surface area contributed by atoms with Gasteiger partial charge in [0.05, 0.1) is 34.3 Å². The summed E-state index contributed by atoms with van der Waals surface area (Å²) in [5, 5.41) is 16.7. The molecule has 52 heavy (non-hydrogen) atoms. The summed E-state index contributed by atoms with van der Waals surface area (Å²) < 4.78 is 7.23. The molecule has 7 rings (SSSR count). The van der Waals surface area contributed by atoms with Crippen molar-refractivity contribution in [1.29, 1.82) is 0 Å². The molecule has 2 aromatic carbocycles. The SMILES string of the molecule is COc1nc(-c2cccc(-c3cccc(-c4cc(C)n5c(=O)c(CN6CC[C@@H](C(=O)O)C6)cnc5c4)c3Cl)c2Cl)ccc1CNC[C@@H]1CCC(=O)N1. The van der Waals surface area contributed by atoms with Crippen LogP contribution in [0.3, 0.4) is 0 Å². The fourth-order valence-corrected chi connectivity index (χ4v) is 7.80. The predicted molar refractivity (Wildman–Crippen MR) is 201 cm³/mol. The Morgan fingerprint density at radius 1 is 1.00 bits per heavy atom. The van der Waals surface area contributed by atoms with E-state index in [9.17, 15) is 19.5 Å². The molecule has 5 aromatic rings. The Morgan fingerprint density at radius 3 is 2.42 bits per heavy atom. The van der Waals surface area contributed by atoms with Crippen LogP contribution >= 0.6 is 23.2 Å². The zero-order valence-corrected chi connectivity index (χ0v) is 30.3. The number of carbonyl (C=O) groups is 2. The summed E-state index contributed by atoms with van der Waals surface area (Å²) in [6.07, 6.45) is 3.53. The number of halogens is 2. The Bertz CT molecular complexity index is 2260. The van der Waals surface area contributed by atoms with Gasteiger partial charge in [0.25, 0.3) is 5.56 Å². The van der Waals surface area contributed by atoms with E-state index in [4.69, 9.17) is 32.9 Å². The topological polar surface area (TPSA) is 138 Å². The van der Waals surface area contributed by atoms with Gasteiger partial charge < -0.3 is 20.5 Å². The third kappa shape index (κ3) is 7.14. The number of aliphatic carboxylic acids is 1. The number of carbonyl (C=O) groups excluding carboxylic acids is 1. The monoisotopic (exact) mass is 740 g/mol. The van der Waals surface area contributed by atoms with E-state index in [1.54, 1.807) is 17.7 Å². The summed E-state index contributed by atoms with van der Waals surface area (Å²) in [6.45, 7) is 4.43. The average Bonchev–Trinajstić information content (AvgIpc) is 3.78. The number of nitrogens with one attached hydrogen (secondary N) is 2. The molecule has 0 unspecified atom stereocenters. The van der Waals surface area contributed by atoms with Crippen LogP contribution in [0.4, 0.5) is 0 Å². The molecule has 0 spiro atoms. The molecule has 0 aliphatic carbocycles. The first kappa shape index (κ1) is 35.6. The van der Waals surface area contributed by atoms with E-state index in [0.717, 1.165) is 39.8 Å². The Hall–Kier alpha value is -4.81. The molecule has 0 bridgehead atoms. The van der Waals surface area contributed by atoms with E-state index in [0.29, 0.717) is 84.1 Å². The second-order valence-electron chi connectivity index (χ2n) is 13.4. The maximum Gasteiger partial charge on any atom is 0.307 e. The molecular weight excluding hydrogens is 703 g/mol. The first-order valence-electron chi connectivity index (χ1n) is 17.2. The number of nitrogens with zero attached hydrogens (tertiary/aromatic N) is 4. The van der Waals surface area contributed by atoms with Crippen LogP contribution < -0.4 is 20.9 Å². The fraction of sp³-hybridized carbons (Fsp3) is 0.308. The molecule has 3 N–H and O–H groups in total. The van der Waals surface area contributed by atoms with Crippen LogP contribution in [-0.4, -0.2) is 69.0 Å². The highest BCUT2D eigenvalue weighted by molar-refractivity contribution is 6.39. The van der Waals surface area contributed by atoms with Crippen LogP contribution in [0.5, 0.6) is 5.88 Å². The lowest BCUT2D eigenvalue weighted by Gasteiger charge is -2.17. The number of amides is 1. The van der Waals surface area contributed by atoms with Crippen molar-refractivity contribution in [2.45, 2.75) is 45.3 Å². The highest BCUT2D eigenvalue weighted by atomic mass is 35.5. The highest BCUT2D eigenvalue weighted by Gasteiger charge is 2.28. The zero-order chi connectivity index (χ0) is 36.5. The van der Waals surface area contributed by atoms with Crippen molar-refractivity contribution in [2.75, 3.05) is 26.7 Å². The molecule has 13 heteroatoms. The number of aromatic nitrogens is 3. The number of aryl methyl sites for hydroxylation is 1. The van der Waals surface area contributed by atoms with Crippen LogP contribution in [0.1, 0.15) is 36.1 Å². The summed E-state index contributed by atoms with van der Waals surface area (Å²) in [5.41, 5.74) is 6.81. The summed E-state index contributed by atoms with van der Waals surface area (Å²) in [5.74, 6) is -0.655. The summed E-state index contributed by atoms with van der Waals surface area (Å²) >= 11 is 14.3. The molecule has 268 valence electrons. The number of benzene rings is 2. The van der Waals surface area contributed by atoms with Crippen LogP contribution in [0.2, 0.25) is 10.0 Å². The molecule has 0 radical (unpaired) electrons. The highest BCUT2D eigenvalue weighted by Crippen LogP contribution is 2.42. The van der Waals surface area contributed by atoms with E-state index in [2.05, 4.69) is 15.6 Å². The molecule has 2 aliphatic rings. The Kier molecular flexibility index (Phi) is 10.3. The van der Waals surface area contributed by atoms with Gasteiger partial charge in [0.1, 0.15) is 5.65 Å². The first-order valence-corrected chi connectivity index (χ1v) is 18.0. The first-order chi connectivity index (χ1) is 25.1. The number of pyridine rings is 2. The van der Waals surface area contributed by atoms with Gasteiger partial charge in [-0.3, -0.25) is 23.7 Å². The number of likely N-dealkylation sites (tertiary alicyclic amines) is 1. The predicted octanol–water partition coefficient (Wildman–Crippen LogP) is 5.99. The van der Waals surface area contributed by atoms with Crippen LogP contribution in [-0.2, 0) is 22.7 Å². The summed E-state index contributed by atoms with van der Waals surface area (Å²) in [7, 11) is 1.59. The quantitative estimate of drug-likeness (QED) is 0.149. The van der Waals surface area contributed by atoms with Gasteiger partial charge in [-0.1, -0.05) is 65.7 Å². The molecule has 2 fully saturated rings. The zero-order valence-electron chi connectivity index (χ0n) is 28.8. The van der Waals surface area contributed by atoms with Crippen molar-refractivity contribution in [1.82, 2.24) is 29.9 Å². The Balaban J connectivity index is 1.15. The molecule has 2 saturated heterocycles. The van der Waals surface area contributed by atoms with E-state index >= 15 is 0 Å². The smallest absolute Gasteiger partial charge is 0.307 e. The van der Waals surface area contributed by atoms with Gasteiger partial charge in [-0.2, -0.15) is 0 Å². The van der Waals surface area contributed by atoms with Gasteiger partial charge in [-0.25, -0.2) is 9.97 Å². The molecule has 2 aliphatic heterocycles. The lowest BCUT2D eigenvalue weighted by molar-refractivity contribution is -0.141. The third-order valence-corrected chi connectivity index (χ3v) is 10.7. The minimum atomic E-state index is -0.807. The number of carboxylic acid groups (broad SMARTS) is 1. The lowest BCUT2D eigenvalue weighted by atomic mass is 9.96. The number of fused-ring (bicyclic) bond motifs is 1. The van der Waals surface area contributed by atoms with Gasteiger partial charge in [0.2, 0.25) is 11.8 Å². The van der Waals surface area contributed by atoms with Crippen molar-refractivity contribution in [3.63, 3.8) is 0 Å². The fourth-order valence-electron chi connectivity index (χ4n) is 7.14. The minimum Gasteiger partial charge on any atom is -0.481 e. The van der Waals surface area contributed by atoms with Gasteiger partial charge >= 0.3 is 5.97 Å². The molecule has 11 nitrogen and oxygen atoms in total. The number of carboxylic acids is 1. The summed E-state index contributed by atoms with van der Waals surface area (Å²) in [4.78, 5) is 47.9. The number of rotatable bonds is 11. The number of ether oxygens (including phenoxy) is 1. The molecule has 1 amide bonds. The normalized spacial score (nSPS) is 17.5. The van der Waals surface area contributed by atoms with Crippen LogP contribution in [0, 0.1) is 12.8 Å². The van der Waals surface area contributed by atoms with Crippen molar-refractivity contribution >= 4 is 40.7 Å². The Morgan fingerprint density at radius 2 is 1.73 bits per heavy atom. The maximum atomic E-state index is 13.6. The van der Waals surface area contributed by atoms with Gasteiger partial charge in [0, 0.05) is 78.3 Å². The molecular formula is C39H38Cl2N6O5. The third-order valence-electron chi connectivity index (χ3n) is 9.87. The van der Waals surface area contributed by atoms with E-state index in [1.165, 1.54) is 0 Å². The van der Waals surface area contributed by atoms with E-state index < -0.39 is 11.9 Å². The summed E-state index contributed by atoms with van der Waals surface area (Å²) in [6, 6.07) is 19.3. The van der Waals surface area contributed by atoms with Crippen LogP contribution in [0.25, 0.3) is 39.2 Å². The molecule has 5 heterocycles. The molecule has 2 atom stereocenters. The lowest BCUT2D eigenvalue weighted by Crippen LogP contribution is -2.35. The molecule has 3 aromatic heterocycles. The van der Waals surface area contributed by atoms with Gasteiger partial charge in [-0.05, 0) is 50.1 Å². The number of hydrogen-bond donors (Lipinski definition) is 3. The van der Waals surface area contributed by atoms with Crippen LogP contribution in [0.15, 0.2) is 71.7 Å². The number of methoxy groups -OCH3 is 1. The van der Waals surface area contributed by atoms with E-state index in [-0.39, 0.29) is 17.5 Å². The minimum absolute atomic E-state index is 0.0881. The van der Waals surface area contributed by atoms with Crippen molar-refractivity contribution in [2.24, 2.45) is 5.92 Å². The van der Waals surface area contributed by atoms with Gasteiger partial charge in [-0.15, -0.1) is 0 Å². The van der Waals surface area contributed by atoms with Crippen molar-refractivity contribution in [3.05, 3.63) is 104 Å². The largest absolute Gasteiger partial charge is 0.481 e.